The van der Waals surface area contributed by atoms with Crippen molar-refractivity contribution in [1.29, 1.82) is 0 Å². The molecule has 0 aromatic heterocycles. The van der Waals surface area contributed by atoms with Crippen LogP contribution in [0.15, 0.2) is 24.3 Å². The average molecular weight is 389 g/mol. The maximum absolute atomic E-state index is 12.4. The van der Waals surface area contributed by atoms with E-state index in [0.717, 1.165) is 38.4 Å². The van der Waals surface area contributed by atoms with Crippen LogP contribution in [0, 0.1) is 12.8 Å². The molecule has 3 rings (SSSR count). The molecule has 7 nitrogen and oxygen atoms in total. The van der Waals surface area contributed by atoms with Gasteiger partial charge in [0.2, 0.25) is 5.91 Å². The molecule has 2 amide bonds. The first-order chi connectivity index (χ1) is 13.6. The van der Waals surface area contributed by atoms with Crippen molar-refractivity contribution >= 4 is 11.8 Å². The molecule has 0 saturated carbocycles. The highest BCUT2D eigenvalue weighted by atomic mass is 16.5. The molecule has 1 aromatic rings. The fraction of sp³-hybridized carbons (Fsp3) is 0.619. The van der Waals surface area contributed by atoms with E-state index in [4.69, 9.17) is 9.47 Å². The Balaban J connectivity index is 1.32. The summed E-state index contributed by atoms with van der Waals surface area (Å²) in [7, 11) is 0. The lowest BCUT2D eigenvalue weighted by molar-refractivity contribution is -0.137. The quantitative estimate of drug-likeness (QED) is 0.755. The van der Waals surface area contributed by atoms with Crippen LogP contribution < -0.4 is 10.1 Å². The molecule has 2 fully saturated rings. The van der Waals surface area contributed by atoms with Crippen LogP contribution in [0.25, 0.3) is 0 Å². The fourth-order valence-electron chi connectivity index (χ4n) is 3.57. The van der Waals surface area contributed by atoms with Gasteiger partial charge >= 0.3 is 0 Å². The Morgan fingerprint density at radius 2 is 1.79 bits per heavy atom. The smallest absolute Gasteiger partial charge is 0.260 e. The predicted octanol–water partition coefficient (Wildman–Crippen LogP) is 1.06. The number of hydrogen-bond donors (Lipinski definition) is 1. The topological polar surface area (TPSA) is 71.1 Å². The minimum Gasteiger partial charge on any atom is -0.484 e. The minimum absolute atomic E-state index is 0.00763. The van der Waals surface area contributed by atoms with Crippen molar-refractivity contribution in [3.05, 3.63) is 29.8 Å². The Kier molecular flexibility index (Phi) is 7.68. The number of ether oxygens (including phenoxy) is 2. The second-order valence-electron chi connectivity index (χ2n) is 7.50. The zero-order valence-corrected chi connectivity index (χ0v) is 16.7. The van der Waals surface area contributed by atoms with Crippen LogP contribution in [-0.2, 0) is 14.3 Å². The Bertz CT molecular complexity index is 636. The van der Waals surface area contributed by atoms with E-state index >= 15 is 0 Å². The summed E-state index contributed by atoms with van der Waals surface area (Å²) in [5.74, 6) is 0.781. The number of hydrogen-bond acceptors (Lipinski definition) is 5. The molecule has 7 heteroatoms. The maximum atomic E-state index is 12.4. The number of rotatable bonds is 7. The summed E-state index contributed by atoms with van der Waals surface area (Å²) in [6.45, 7) is 8.21. The number of morpholine rings is 1. The van der Waals surface area contributed by atoms with E-state index in [0.29, 0.717) is 38.2 Å². The van der Waals surface area contributed by atoms with E-state index in [9.17, 15) is 9.59 Å². The second-order valence-corrected chi connectivity index (χ2v) is 7.50. The summed E-state index contributed by atoms with van der Waals surface area (Å²) < 4.78 is 10.9. The monoisotopic (exact) mass is 389 g/mol. The number of benzene rings is 1. The molecule has 0 bridgehead atoms. The van der Waals surface area contributed by atoms with Gasteiger partial charge in [-0.15, -0.1) is 0 Å². The van der Waals surface area contributed by atoms with Crippen molar-refractivity contribution in [3.63, 3.8) is 0 Å². The Labute approximate surface area is 167 Å². The van der Waals surface area contributed by atoms with Crippen LogP contribution >= 0.6 is 0 Å². The van der Waals surface area contributed by atoms with Gasteiger partial charge in [0, 0.05) is 45.2 Å². The highest BCUT2D eigenvalue weighted by Gasteiger charge is 2.27. The van der Waals surface area contributed by atoms with Crippen LogP contribution in [0.3, 0.4) is 0 Å². The van der Waals surface area contributed by atoms with E-state index in [2.05, 4.69) is 10.2 Å². The SMILES string of the molecule is Cc1ccc(OCC(=O)N2CCC(C(=O)NCCN3CCOCC3)CC2)cc1. The number of carbonyl (C=O) groups is 2. The molecule has 2 saturated heterocycles. The van der Waals surface area contributed by atoms with Crippen molar-refractivity contribution < 1.29 is 19.1 Å². The summed E-state index contributed by atoms with van der Waals surface area (Å²) in [6, 6.07) is 7.66. The fourth-order valence-corrected chi connectivity index (χ4v) is 3.57. The number of nitrogens with zero attached hydrogens (tertiary/aromatic N) is 2. The Hall–Kier alpha value is -2.12. The lowest BCUT2D eigenvalue weighted by atomic mass is 9.96. The third kappa shape index (κ3) is 6.21. The highest BCUT2D eigenvalue weighted by Crippen LogP contribution is 2.18. The normalized spacial score (nSPS) is 18.7. The third-order valence-electron chi connectivity index (χ3n) is 5.43. The molecular weight excluding hydrogens is 358 g/mol. The molecule has 2 aliphatic heterocycles. The van der Waals surface area contributed by atoms with E-state index in [1.165, 1.54) is 0 Å². The maximum Gasteiger partial charge on any atom is 0.260 e. The van der Waals surface area contributed by atoms with Crippen molar-refractivity contribution in [2.24, 2.45) is 5.92 Å². The predicted molar refractivity (Wildman–Crippen MR) is 106 cm³/mol. The van der Waals surface area contributed by atoms with E-state index < -0.39 is 0 Å². The first-order valence-corrected chi connectivity index (χ1v) is 10.2. The molecular formula is C21H31N3O4. The lowest BCUT2D eigenvalue weighted by Crippen LogP contribution is -2.46. The number of likely N-dealkylation sites (tertiary alicyclic amines) is 1. The minimum atomic E-state index is -0.0215. The van der Waals surface area contributed by atoms with Gasteiger partial charge in [0.1, 0.15) is 5.75 Å². The number of nitrogens with one attached hydrogen (secondary N) is 1. The van der Waals surface area contributed by atoms with Crippen LogP contribution in [0.1, 0.15) is 18.4 Å². The van der Waals surface area contributed by atoms with Gasteiger partial charge in [-0.3, -0.25) is 14.5 Å². The van der Waals surface area contributed by atoms with E-state index in [-0.39, 0.29) is 24.3 Å². The van der Waals surface area contributed by atoms with Gasteiger partial charge < -0.3 is 19.7 Å². The lowest BCUT2D eigenvalue weighted by Gasteiger charge is -2.31. The molecule has 2 aliphatic rings. The van der Waals surface area contributed by atoms with Crippen molar-refractivity contribution in [2.45, 2.75) is 19.8 Å². The summed E-state index contributed by atoms with van der Waals surface area (Å²) in [5.41, 5.74) is 1.16. The van der Waals surface area contributed by atoms with Gasteiger partial charge in [-0.25, -0.2) is 0 Å². The van der Waals surface area contributed by atoms with Crippen LogP contribution in [0.2, 0.25) is 0 Å². The zero-order chi connectivity index (χ0) is 19.8. The van der Waals surface area contributed by atoms with Crippen LogP contribution in [0.5, 0.6) is 5.75 Å². The number of aryl methyl sites for hydroxylation is 1. The molecule has 0 atom stereocenters. The summed E-state index contributed by atoms with van der Waals surface area (Å²) >= 11 is 0. The molecule has 0 aliphatic carbocycles. The largest absolute Gasteiger partial charge is 0.484 e. The van der Waals surface area contributed by atoms with Gasteiger partial charge in [0.25, 0.3) is 5.91 Å². The number of piperidine rings is 1. The zero-order valence-electron chi connectivity index (χ0n) is 16.7. The first kappa shape index (κ1) is 20.6. The molecule has 1 N–H and O–H groups in total. The number of carbonyl (C=O) groups excluding carboxylic acids is 2. The number of amides is 2. The van der Waals surface area contributed by atoms with Crippen molar-refractivity contribution in [3.8, 4) is 5.75 Å². The van der Waals surface area contributed by atoms with Gasteiger partial charge in [-0.2, -0.15) is 0 Å². The van der Waals surface area contributed by atoms with Crippen molar-refractivity contribution in [1.82, 2.24) is 15.1 Å². The molecule has 1 aromatic carbocycles. The Morgan fingerprint density at radius 3 is 2.46 bits per heavy atom. The standard InChI is InChI=1S/C21H31N3O4/c1-17-2-4-19(5-3-17)28-16-20(25)24-9-6-18(7-10-24)21(26)22-8-11-23-12-14-27-15-13-23/h2-5,18H,6-16H2,1H3,(H,22,26). The van der Waals surface area contributed by atoms with Gasteiger partial charge in [-0.05, 0) is 31.9 Å². The van der Waals surface area contributed by atoms with Crippen LogP contribution in [-0.4, -0.2) is 80.7 Å². The van der Waals surface area contributed by atoms with Crippen LogP contribution in [0.4, 0.5) is 0 Å². The molecule has 0 spiro atoms. The molecule has 0 radical (unpaired) electrons. The van der Waals surface area contributed by atoms with Crippen molar-refractivity contribution in [2.75, 3.05) is 59.1 Å². The molecule has 0 unspecified atom stereocenters. The molecule has 2 heterocycles. The molecule has 154 valence electrons. The van der Waals surface area contributed by atoms with E-state index in [1.54, 1.807) is 4.90 Å². The van der Waals surface area contributed by atoms with Gasteiger partial charge in [0.05, 0.1) is 13.2 Å². The second kappa shape index (κ2) is 10.4. The van der Waals surface area contributed by atoms with Gasteiger partial charge in [0.15, 0.2) is 6.61 Å². The summed E-state index contributed by atoms with van der Waals surface area (Å²) in [4.78, 5) is 28.8. The highest BCUT2D eigenvalue weighted by molar-refractivity contribution is 5.80. The van der Waals surface area contributed by atoms with E-state index in [1.807, 2.05) is 31.2 Å². The summed E-state index contributed by atoms with van der Waals surface area (Å²) in [6.07, 6.45) is 1.42. The summed E-state index contributed by atoms with van der Waals surface area (Å²) in [5, 5.41) is 3.05. The van der Waals surface area contributed by atoms with Gasteiger partial charge in [-0.1, -0.05) is 17.7 Å². The Morgan fingerprint density at radius 1 is 1.11 bits per heavy atom. The third-order valence-corrected chi connectivity index (χ3v) is 5.43. The average Bonchev–Trinajstić information content (AvgIpc) is 2.74. The first-order valence-electron chi connectivity index (χ1n) is 10.2. The molecule has 28 heavy (non-hydrogen) atoms.